The highest BCUT2D eigenvalue weighted by Crippen LogP contribution is 2.27. The number of aromatic nitrogens is 1. The third-order valence-electron chi connectivity index (χ3n) is 2.72. The maximum absolute atomic E-state index is 12.9. The van der Waals surface area contributed by atoms with Gasteiger partial charge in [-0.3, -0.25) is 0 Å². The predicted octanol–water partition coefficient (Wildman–Crippen LogP) is 5.35. The maximum Gasteiger partial charge on any atom is 0.187 e. The fourth-order valence-corrected chi connectivity index (χ4v) is 2.70. The third-order valence-corrected chi connectivity index (χ3v) is 3.71. The van der Waals surface area contributed by atoms with E-state index >= 15 is 0 Å². The summed E-state index contributed by atoms with van der Waals surface area (Å²) in [5.41, 5.74) is 2.60. The summed E-state index contributed by atoms with van der Waals surface area (Å²) in [6.45, 7) is 0. The highest BCUT2D eigenvalue weighted by Gasteiger charge is 2.05. The summed E-state index contributed by atoms with van der Waals surface area (Å²) < 4.78 is 12.9. The van der Waals surface area contributed by atoms with Crippen molar-refractivity contribution in [2.45, 2.75) is 0 Å². The number of rotatable bonds is 3. The van der Waals surface area contributed by atoms with Gasteiger partial charge >= 0.3 is 0 Å². The van der Waals surface area contributed by atoms with E-state index in [1.165, 1.54) is 23.5 Å². The minimum Gasteiger partial charge on any atom is -0.331 e. The van der Waals surface area contributed by atoms with Crippen LogP contribution in [-0.4, -0.2) is 4.98 Å². The SMILES string of the molecule is Fc1ccc(-c2csc(Nc3cccc(Cl)c3)n2)cc1. The van der Waals surface area contributed by atoms with Crippen molar-refractivity contribution in [2.24, 2.45) is 0 Å². The van der Waals surface area contributed by atoms with Gasteiger partial charge in [-0.1, -0.05) is 17.7 Å². The predicted molar refractivity (Wildman–Crippen MR) is 82.2 cm³/mol. The van der Waals surface area contributed by atoms with Gasteiger partial charge in [0.05, 0.1) is 5.69 Å². The van der Waals surface area contributed by atoms with Crippen molar-refractivity contribution in [1.82, 2.24) is 4.98 Å². The number of nitrogens with one attached hydrogen (secondary N) is 1. The molecule has 100 valence electrons. The number of nitrogens with zero attached hydrogens (tertiary/aromatic N) is 1. The Morgan fingerprint density at radius 2 is 1.90 bits per heavy atom. The molecule has 20 heavy (non-hydrogen) atoms. The largest absolute Gasteiger partial charge is 0.331 e. The summed E-state index contributed by atoms with van der Waals surface area (Å²) in [6.07, 6.45) is 0. The Balaban J connectivity index is 1.82. The molecule has 1 aromatic heterocycles. The van der Waals surface area contributed by atoms with Gasteiger partial charge in [0, 0.05) is 21.7 Å². The van der Waals surface area contributed by atoms with Gasteiger partial charge in [0.15, 0.2) is 5.13 Å². The first kappa shape index (κ1) is 13.1. The fraction of sp³-hybridized carbons (Fsp3) is 0. The Hall–Kier alpha value is -1.91. The van der Waals surface area contributed by atoms with Gasteiger partial charge in [-0.25, -0.2) is 9.37 Å². The second-order valence-corrected chi connectivity index (χ2v) is 5.47. The first-order valence-electron chi connectivity index (χ1n) is 5.95. The van der Waals surface area contributed by atoms with Crippen LogP contribution in [-0.2, 0) is 0 Å². The molecular formula is C15H10ClFN2S. The van der Waals surface area contributed by atoms with Crippen molar-refractivity contribution in [3.63, 3.8) is 0 Å². The monoisotopic (exact) mass is 304 g/mol. The van der Waals surface area contributed by atoms with Crippen molar-refractivity contribution >= 4 is 33.8 Å². The first-order valence-corrected chi connectivity index (χ1v) is 7.20. The Bertz CT molecular complexity index is 725. The van der Waals surface area contributed by atoms with Gasteiger partial charge in [-0.05, 0) is 42.5 Å². The van der Waals surface area contributed by atoms with Gasteiger partial charge < -0.3 is 5.32 Å². The highest BCUT2D eigenvalue weighted by molar-refractivity contribution is 7.14. The molecule has 0 spiro atoms. The molecule has 0 atom stereocenters. The molecule has 0 saturated heterocycles. The molecule has 0 saturated carbocycles. The quantitative estimate of drug-likeness (QED) is 0.706. The van der Waals surface area contributed by atoms with Crippen LogP contribution in [0.25, 0.3) is 11.3 Å². The van der Waals surface area contributed by atoms with Crippen molar-refractivity contribution in [3.05, 3.63) is 64.8 Å². The van der Waals surface area contributed by atoms with Crippen LogP contribution in [0, 0.1) is 5.82 Å². The molecule has 2 nitrogen and oxygen atoms in total. The Labute approximate surface area is 124 Å². The van der Waals surface area contributed by atoms with Crippen LogP contribution in [0.15, 0.2) is 53.9 Å². The van der Waals surface area contributed by atoms with E-state index in [4.69, 9.17) is 11.6 Å². The number of anilines is 2. The van der Waals surface area contributed by atoms with E-state index in [0.29, 0.717) is 5.02 Å². The van der Waals surface area contributed by atoms with Crippen LogP contribution in [0.4, 0.5) is 15.2 Å². The zero-order valence-electron chi connectivity index (χ0n) is 10.3. The Morgan fingerprint density at radius 1 is 1.10 bits per heavy atom. The molecule has 0 bridgehead atoms. The minimum atomic E-state index is -0.249. The summed E-state index contributed by atoms with van der Waals surface area (Å²) in [4.78, 5) is 4.48. The van der Waals surface area contributed by atoms with E-state index in [1.54, 1.807) is 12.1 Å². The van der Waals surface area contributed by atoms with Crippen molar-refractivity contribution < 1.29 is 4.39 Å². The van der Waals surface area contributed by atoms with Crippen LogP contribution in [0.1, 0.15) is 0 Å². The van der Waals surface area contributed by atoms with E-state index < -0.39 is 0 Å². The molecule has 0 aliphatic heterocycles. The second kappa shape index (κ2) is 5.61. The lowest BCUT2D eigenvalue weighted by atomic mass is 10.2. The molecular weight excluding hydrogens is 295 g/mol. The van der Waals surface area contributed by atoms with Gasteiger partial charge in [-0.15, -0.1) is 11.3 Å². The third kappa shape index (κ3) is 2.98. The van der Waals surface area contributed by atoms with Crippen LogP contribution in [0.2, 0.25) is 5.02 Å². The van der Waals surface area contributed by atoms with E-state index in [1.807, 2.05) is 29.6 Å². The average Bonchev–Trinajstić information content (AvgIpc) is 2.88. The molecule has 0 aliphatic rings. The Kier molecular flexibility index (Phi) is 3.67. The summed E-state index contributed by atoms with van der Waals surface area (Å²) in [6, 6.07) is 13.7. The van der Waals surface area contributed by atoms with Gasteiger partial charge in [0.1, 0.15) is 5.82 Å². The van der Waals surface area contributed by atoms with Crippen LogP contribution >= 0.6 is 22.9 Å². The van der Waals surface area contributed by atoms with Gasteiger partial charge in [0.2, 0.25) is 0 Å². The summed E-state index contributed by atoms with van der Waals surface area (Å²) in [7, 11) is 0. The lowest BCUT2D eigenvalue weighted by Crippen LogP contribution is -1.89. The minimum absolute atomic E-state index is 0.249. The maximum atomic E-state index is 12.9. The van der Waals surface area contributed by atoms with Crippen molar-refractivity contribution in [3.8, 4) is 11.3 Å². The molecule has 2 aromatic carbocycles. The van der Waals surface area contributed by atoms with Gasteiger partial charge in [0.25, 0.3) is 0 Å². The lowest BCUT2D eigenvalue weighted by Gasteiger charge is -2.02. The molecule has 1 heterocycles. The number of hydrogen-bond acceptors (Lipinski definition) is 3. The highest BCUT2D eigenvalue weighted by atomic mass is 35.5. The summed E-state index contributed by atoms with van der Waals surface area (Å²) in [5.74, 6) is -0.249. The summed E-state index contributed by atoms with van der Waals surface area (Å²) >= 11 is 7.42. The standard InChI is InChI=1S/C15H10ClFN2S/c16-11-2-1-3-13(8-11)18-15-19-14(9-20-15)10-4-6-12(17)7-5-10/h1-9H,(H,18,19). The number of thiazole rings is 1. The normalized spacial score (nSPS) is 10.5. The zero-order chi connectivity index (χ0) is 13.9. The van der Waals surface area contributed by atoms with E-state index in [0.717, 1.165) is 22.1 Å². The molecule has 0 amide bonds. The molecule has 5 heteroatoms. The number of hydrogen-bond donors (Lipinski definition) is 1. The summed E-state index contributed by atoms with van der Waals surface area (Å²) in [5, 5.41) is 6.57. The Morgan fingerprint density at radius 3 is 2.65 bits per heavy atom. The fourth-order valence-electron chi connectivity index (χ4n) is 1.77. The van der Waals surface area contributed by atoms with Crippen LogP contribution in [0.5, 0.6) is 0 Å². The first-order chi connectivity index (χ1) is 9.70. The van der Waals surface area contributed by atoms with E-state index in [2.05, 4.69) is 10.3 Å². The zero-order valence-corrected chi connectivity index (χ0v) is 11.9. The molecule has 3 aromatic rings. The van der Waals surface area contributed by atoms with Crippen molar-refractivity contribution in [1.29, 1.82) is 0 Å². The average molecular weight is 305 g/mol. The van der Waals surface area contributed by atoms with Crippen molar-refractivity contribution in [2.75, 3.05) is 5.32 Å². The molecule has 0 radical (unpaired) electrons. The van der Waals surface area contributed by atoms with E-state index in [-0.39, 0.29) is 5.82 Å². The molecule has 0 unspecified atom stereocenters. The number of halogens is 2. The molecule has 1 N–H and O–H groups in total. The molecule has 0 fully saturated rings. The smallest absolute Gasteiger partial charge is 0.187 e. The van der Waals surface area contributed by atoms with Crippen LogP contribution in [0.3, 0.4) is 0 Å². The topological polar surface area (TPSA) is 24.9 Å². The second-order valence-electron chi connectivity index (χ2n) is 4.18. The molecule has 0 aliphatic carbocycles. The molecule has 3 rings (SSSR count). The van der Waals surface area contributed by atoms with Gasteiger partial charge in [-0.2, -0.15) is 0 Å². The van der Waals surface area contributed by atoms with E-state index in [9.17, 15) is 4.39 Å². The van der Waals surface area contributed by atoms with Crippen LogP contribution < -0.4 is 5.32 Å². The lowest BCUT2D eigenvalue weighted by molar-refractivity contribution is 0.628. The number of benzene rings is 2.